The third-order valence-electron chi connectivity index (χ3n) is 4.58. The van der Waals surface area contributed by atoms with Gasteiger partial charge in [0.1, 0.15) is 0 Å². The minimum absolute atomic E-state index is 0.477. The van der Waals surface area contributed by atoms with Crippen LogP contribution in [0.4, 0.5) is 0 Å². The van der Waals surface area contributed by atoms with Crippen molar-refractivity contribution >= 4 is 0 Å². The Morgan fingerprint density at radius 3 is 2.90 bits per heavy atom. The highest BCUT2D eigenvalue weighted by molar-refractivity contribution is 5.05. The van der Waals surface area contributed by atoms with Crippen LogP contribution in [0, 0.1) is 0 Å². The Bertz CT molecular complexity index is 439. The predicted molar refractivity (Wildman–Crippen MR) is 83.0 cm³/mol. The quantitative estimate of drug-likeness (QED) is 0.867. The Hall–Kier alpha value is -0.910. The molecular formula is C16H28N4O. The molecule has 118 valence electrons. The Kier molecular flexibility index (Phi) is 4.93. The molecule has 1 N–H and O–H groups in total. The van der Waals surface area contributed by atoms with Crippen LogP contribution < -0.4 is 5.32 Å². The lowest BCUT2D eigenvalue weighted by molar-refractivity contribution is 0.219. The molecule has 1 aromatic heterocycles. The summed E-state index contributed by atoms with van der Waals surface area (Å²) in [6.45, 7) is 10.9. The standard InChI is InChI=1S/C16H28N4O/c1-13(2)17-10-14-9-16(21-18-14)12-19-8-5-15(11-19)20-6-3-4-7-20/h9,13,15,17H,3-8,10-12H2,1-2H3. The molecule has 1 unspecified atom stereocenters. The third-order valence-corrected chi connectivity index (χ3v) is 4.58. The molecule has 0 saturated carbocycles. The zero-order chi connectivity index (χ0) is 14.7. The molecule has 5 heteroatoms. The van der Waals surface area contributed by atoms with Gasteiger partial charge in [-0.25, -0.2) is 0 Å². The van der Waals surface area contributed by atoms with Crippen LogP contribution in [0.5, 0.6) is 0 Å². The molecule has 2 aliphatic heterocycles. The number of nitrogens with one attached hydrogen (secondary N) is 1. The molecule has 3 heterocycles. The molecule has 0 bridgehead atoms. The molecule has 1 atom stereocenters. The largest absolute Gasteiger partial charge is 0.360 e. The molecule has 1 aromatic rings. The summed E-state index contributed by atoms with van der Waals surface area (Å²) in [5.41, 5.74) is 1.01. The van der Waals surface area contributed by atoms with Crippen molar-refractivity contribution in [2.45, 2.75) is 58.3 Å². The fourth-order valence-corrected chi connectivity index (χ4v) is 3.40. The second-order valence-electron chi connectivity index (χ2n) is 6.74. The van der Waals surface area contributed by atoms with Gasteiger partial charge >= 0.3 is 0 Å². The van der Waals surface area contributed by atoms with E-state index in [-0.39, 0.29) is 0 Å². The maximum absolute atomic E-state index is 5.47. The number of nitrogens with zero attached hydrogens (tertiary/aromatic N) is 3. The van der Waals surface area contributed by atoms with Crippen molar-refractivity contribution in [2.24, 2.45) is 0 Å². The highest BCUT2D eigenvalue weighted by atomic mass is 16.5. The first-order chi connectivity index (χ1) is 10.2. The molecule has 0 amide bonds. The molecule has 5 nitrogen and oxygen atoms in total. The van der Waals surface area contributed by atoms with E-state index in [9.17, 15) is 0 Å². The first-order valence-electron chi connectivity index (χ1n) is 8.35. The van der Waals surface area contributed by atoms with Crippen molar-refractivity contribution in [3.8, 4) is 0 Å². The Morgan fingerprint density at radius 2 is 2.14 bits per heavy atom. The monoisotopic (exact) mass is 292 g/mol. The second kappa shape index (κ2) is 6.90. The molecule has 0 aliphatic carbocycles. The Labute approximate surface area is 127 Å². The molecule has 2 fully saturated rings. The molecule has 3 rings (SSSR count). The lowest BCUT2D eigenvalue weighted by Gasteiger charge is -2.23. The summed E-state index contributed by atoms with van der Waals surface area (Å²) in [7, 11) is 0. The summed E-state index contributed by atoms with van der Waals surface area (Å²) in [6.07, 6.45) is 4.06. The Balaban J connectivity index is 1.46. The van der Waals surface area contributed by atoms with Crippen LogP contribution in [0.2, 0.25) is 0 Å². The molecule has 0 aromatic carbocycles. The number of likely N-dealkylation sites (tertiary alicyclic amines) is 2. The van der Waals surface area contributed by atoms with E-state index in [4.69, 9.17) is 4.52 Å². The lowest BCUT2D eigenvalue weighted by Crippen LogP contribution is -2.35. The number of aromatic nitrogens is 1. The van der Waals surface area contributed by atoms with E-state index in [1.807, 2.05) is 0 Å². The minimum atomic E-state index is 0.477. The van der Waals surface area contributed by atoms with Gasteiger partial charge in [0.05, 0.1) is 12.2 Å². The predicted octanol–water partition coefficient (Wildman–Crippen LogP) is 1.84. The van der Waals surface area contributed by atoms with Crippen LogP contribution in [0.3, 0.4) is 0 Å². The van der Waals surface area contributed by atoms with Crippen molar-refractivity contribution in [3.63, 3.8) is 0 Å². The van der Waals surface area contributed by atoms with Crippen LogP contribution >= 0.6 is 0 Å². The first kappa shape index (κ1) is 15.0. The van der Waals surface area contributed by atoms with E-state index >= 15 is 0 Å². The first-order valence-corrected chi connectivity index (χ1v) is 8.35. The fourth-order valence-electron chi connectivity index (χ4n) is 3.40. The summed E-state index contributed by atoms with van der Waals surface area (Å²) in [5, 5.41) is 7.52. The van der Waals surface area contributed by atoms with Crippen LogP contribution in [0.1, 0.15) is 44.6 Å². The Morgan fingerprint density at radius 1 is 1.33 bits per heavy atom. The molecule has 2 saturated heterocycles. The lowest BCUT2D eigenvalue weighted by atomic mass is 10.2. The zero-order valence-corrected chi connectivity index (χ0v) is 13.3. The maximum Gasteiger partial charge on any atom is 0.151 e. The fraction of sp³-hybridized carbons (Fsp3) is 0.812. The van der Waals surface area contributed by atoms with Gasteiger partial charge in [-0.1, -0.05) is 19.0 Å². The summed E-state index contributed by atoms with van der Waals surface area (Å²) >= 11 is 0. The van der Waals surface area contributed by atoms with E-state index in [1.54, 1.807) is 0 Å². The van der Waals surface area contributed by atoms with Crippen molar-refractivity contribution in [3.05, 3.63) is 17.5 Å². The smallest absolute Gasteiger partial charge is 0.151 e. The average Bonchev–Trinajstić information content (AvgIpc) is 3.18. The topological polar surface area (TPSA) is 44.5 Å². The molecule has 2 aliphatic rings. The highest BCUT2D eigenvalue weighted by Crippen LogP contribution is 2.21. The molecule has 0 radical (unpaired) electrons. The van der Waals surface area contributed by atoms with Gasteiger partial charge < -0.3 is 9.84 Å². The van der Waals surface area contributed by atoms with Gasteiger partial charge in [0.25, 0.3) is 0 Å². The van der Waals surface area contributed by atoms with E-state index in [2.05, 4.69) is 40.2 Å². The normalized spacial score (nSPS) is 24.4. The summed E-state index contributed by atoms with van der Waals surface area (Å²) < 4.78 is 5.47. The maximum atomic E-state index is 5.47. The summed E-state index contributed by atoms with van der Waals surface area (Å²) in [4.78, 5) is 5.17. The van der Waals surface area contributed by atoms with E-state index < -0.39 is 0 Å². The van der Waals surface area contributed by atoms with Gasteiger partial charge in [-0.05, 0) is 32.4 Å². The third kappa shape index (κ3) is 4.05. The number of hydrogen-bond acceptors (Lipinski definition) is 5. The van der Waals surface area contributed by atoms with Gasteiger partial charge in [0.15, 0.2) is 5.76 Å². The second-order valence-corrected chi connectivity index (χ2v) is 6.74. The number of rotatable bonds is 6. The minimum Gasteiger partial charge on any atom is -0.360 e. The van der Waals surface area contributed by atoms with Crippen LogP contribution in [-0.2, 0) is 13.1 Å². The summed E-state index contributed by atoms with van der Waals surface area (Å²) in [6, 6.07) is 3.33. The molecule has 0 spiro atoms. The van der Waals surface area contributed by atoms with Gasteiger partial charge in [-0.3, -0.25) is 9.80 Å². The van der Waals surface area contributed by atoms with Crippen molar-refractivity contribution < 1.29 is 4.52 Å². The van der Waals surface area contributed by atoms with Gasteiger partial charge in [0.2, 0.25) is 0 Å². The zero-order valence-electron chi connectivity index (χ0n) is 13.3. The van der Waals surface area contributed by atoms with E-state index in [0.717, 1.165) is 30.6 Å². The van der Waals surface area contributed by atoms with Gasteiger partial charge in [-0.15, -0.1) is 0 Å². The number of hydrogen-bond donors (Lipinski definition) is 1. The van der Waals surface area contributed by atoms with Crippen molar-refractivity contribution in [1.29, 1.82) is 0 Å². The van der Waals surface area contributed by atoms with Gasteiger partial charge in [-0.2, -0.15) is 0 Å². The van der Waals surface area contributed by atoms with E-state index in [0.29, 0.717) is 6.04 Å². The molecular weight excluding hydrogens is 264 g/mol. The van der Waals surface area contributed by atoms with Crippen LogP contribution in [-0.4, -0.2) is 53.2 Å². The average molecular weight is 292 g/mol. The van der Waals surface area contributed by atoms with Crippen LogP contribution in [0.25, 0.3) is 0 Å². The van der Waals surface area contributed by atoms with Crippen molar-refractivity contribution in [1.82, 2.24) is 20.3 Å². The summed E-state index contributed by atoms with van der Waals surface area (Å²) in [5.74, 6) is 0.998. The molecule has 21 heavy (non-hydrogen) atoms. The highest BCUT2D eigenvalue weighted by Gasteiger charge is 2.29. The van der Waals surface area contributed by atoms with E-state index in [1.165, 1.54) is 45.4 Å². The van der Waals surface area contributed by atoms with Crippen molar-refractivity contribution in [2.75, 3.05) is 26.2 Å². The van der Waals surface area contributed by atoms with Gasteiger partial charge in [0, 0.05) is 37.8 Å². The SMILES string of the molecule is CC(C)NCc1cc(CN2CCC(N3CCCC3)C2)on1. The van der Waals surface area contributed by atoms with Crippen LogP contribution in [0.15, 0.2) is 10.6 Å².